The van der Waals surface area contributed by atoms with Gasteiger partial charge < -0.3 is 14.5 Å². The Hall–Kier alpha value is -1.52. The van der Waals surface area contributed by atoms with Crippen LogP contribution in [0.5, 0.6) is 0 Å². The van der Waals surface area contributed by atoms with E-state index in [1.807, 2.05) is 11.8 Å². The van der Waals surface area contributed by atoms with E-state index in [9.17, 15) is 9.18 Å². The minimum absolute atomic E-state index is 0.0165. The Morgan fingerprint density at radius 3 is 3.11 bits per heavy atom. The van der Waals surface area contributed by atoms with Crippen molar-refractivity contribution < 1.29 is 13.9 Å². The number of esters is 1. The van der Waals surface area contributed by atoms with Gasteiger partial charge in [-0.3, -0.25) is 0 Å². The third kappa shape index (κ3) is 2.35. The van der Waals surface area contributed by atoms with Crippen LogP contribution in [0.15, 0.2) is 24.0 Å². The second kappa shape index (κ2) is 5.00. The number of carbonyl (C=O) groups excluding carboxylic acids is 1. The summed E-state index contributed by atoms with van der Waals surface area (Å²) >= 11 is 0. The lowest BCUT2D eigenvalue weighted by Gasteiger charge is -2.24. The first-order valence-corrected chi connectivity index (χ1v) is 6.21. The van der Waals surface area contributed by atoms with Crippen LogP contribution in [0.2, 0.25) is 0 Å². The molecule has 2 aliphatic rings. The summed E-state index contributed by atoms with van der Waals surface area (Å²) in [5.41, 5.74) is 1.25. The van der Waals surface area contributed by atoms with E-state index in [4.69, 9.17) is 0 Å². The van der Waals surface area contributed by atoms with Gasteiger partial charge in [-0.15, -0.1) is 0 Å². The van der Waals surface area contributed by atoms with Gasteiger partial charge >= 0.3 is 5.97 Å². The van der Waals surface area contributed by atoms with Gasteiger partial charge in [0, 0.05) is 13.1 Å². The van der Waals surface area contributed by atoms with Crippen LogP contribution in [-0.2, 0) is 9.53 Å². The molecule has 18 heavy (non-hydrogen) atoms. The summed E-state index contributed by atoms with van der Waals surface area (Å²) in [4.78, 5) is 15.3. The Kier molecular flexibility index (Phi) is 3.59. The van der Waals surface area contributed by atoms with Crippen molar-refractivity contribution in [3.8, 4) is 0 Å². The molecule has 2 unspecified atom stereocenters. The lowest BCUT2D eigenvalue weighted by atomic mass is 10.1. The van der Waals surface area contributed by atoms with E-state index in [-0.39, 0.29) is 19.2 Å². The topological polar surface area (TPSA) is 32.8 Å². The Morgan fingerprint density at radius 1 is 1.72 bits per heavy atom. The molecule has 2 heterocycles. The SMILES string of the molecule is C=C1N2CC(C)=CC(C2)N1CC(F)C(=O)OCC. The van der Waals surface area contributed by atoms with Crippen LogP contribution in [0.3, 0.4) is 0 Å². The molecule has 2 bridgehead atoms. The smallest absolute Gasteiger partial charge is 0.342 e. The van der Waals surface area contributed by atoms with Gasteiger partial charge in [0.05, 0.1) is 25.0 Å². The standard InChI is InChI=1S/C13H19FN2O2/c1-4-18-13(17)12(14)8-16-10(3)15-6-9(2)5-11(16)7-15/h5,11-12H,3-4,6-8H2,1-2H3. The molecule has 2 atom stereocenters. The zero-order valence-electron chi connectivity index (χ0n) is 10.9. The summed E-state index contributed by atoms with van der Waals surface area (Å²) in [6.45, 7) is 9.57. The molecule has 0 radical (unpaired) electrons. The van der Waals surface area contributed by atoms with Gasteiger partial charge in [-0.05, 0) is 13.8 Å². The highest BCUT2D eigenvalue weighted by molar-refractivity contribution is 5.74. The monoisotopic (exact) mass is 254 g/mol. The largest absolute Gasteiger partial charge is 0.464 e. The maximum absolute atomic E-state index is 13.8. The molecule has 0 aromatic rings. The first-order chi connectivity index (χ1) is 8.52. The molecule has 0 spiro atoms. The van der Waals surface area contributed by atoms with Crippen molar-refractivity contribution in [1.29, 1.82) is 0 Å². The molecule has 1 fully saturated rings. The molecule has 0 amide bonds. The van der Waals surface area contributed by atoms with Gasteiger partial charge in [-0.1, -0.05) is 18.2 Å². The molecule has 100 valence electrons. The Labute approximate surface area is 107 Å². The number of nitrogens with zero attached hydrogens (tertiary/aromatic N) is 2. The fraction of sp³-hybridized carbons (Fsp3) is 0.615. The molecule has 2 aliphatic heterocycles. The van der Waals surface area contributed by atoms with Crippen molar-refractivity contribution in [2.24, 2.45) is 0 Å². The number of halogens is 1. The maximum Gasteiger partial charge on any atom is 0.342 e. The lowest BCUT2D eigenvalue weighted by molar-refractivity contribution is -0.149. The minimum atomic E-state index is -1.61. The predicted octanol–water partition coefficient (Wildman–Crippen LogP) is 1.30. The van der Waals surface area contributed by atoms with Crippen molar-refractivity contribution in [2.75, 3.05) is 26.2 Å². The Balaban J connectivity index is 2.01. The van der Waals surface area contributed by atoms with Gasteiger partial charge in [-0.2, -0.15) is 0 Å². The highest BCUT2D eigenvalue weighted by atomic mass is 19.1. The van der Waals surface area contributed by atoms with Gasteiger partial charge in [0.2, 0.25) is 6.17 Å². The molecular weight excluding hydrogens is 235 g/mol. The summed E-state index contributed by atoms with van der Waals surface area (Å²) in [6, 6.07) is 0.124. The van der Waals surface area contributed by atoms with Crippen molar-refractivity contribution >= 4 is 5.97 Å². The lowest BCUT2D eigenvalue weighted by Crippen LogP contribution is -2.37. The molecule has 0 N–H and O–H groups in total. The molecule has 2 rings (SSSR count). The third-order valence-corrected chi connectivity index (χ3v) is 3.32. The first-order valence-electron chi connectivity index (χ1n) is 6.21. The highest BCUT2D eigenvalue weighted by Gasteiger charge is 2.37. The number of carbonyl (C=O) groups is 1. The normalized spacial score (nSPS) is 24.1. The maximum atomic E-state index is 13.8. The van der Waals surface area contributed by atoms with E-state index in [0.717, 1.165) is 18.9 Å². The van der Waals surface area contributed by atoms with Crippen molar-refractivity contribution in [3.63, 3.8) is 0 Å². The fourth-order valence-corrected chi connectivity index (χ4v) is 2.50. The van der Waals surface area contributed by atoms with Crippen LogP contribution in [0.1, 0.15) is 13.8 Å². The number of fused-ring (bicyclic) bond motifs is 2. The number of hydrogen-bond donors (Lipinski definition) is 0. The minimum Gasteiger partial charge on any atom is -0.464 e. The summed E-state index contributed by atoms with van der Waals surface area (Å²) < 4.78 is 18.4. The van der Waals surface area contributed by atoms with Crippen LogP contribution >= 0.6 is 0 Å². The molecule has 1 saturated heterocycles. The summed E-state index contributed by atoms with van der Waals surface area (Å²) in [6.07, 6.45) is 0.503. The van der Waals surface area contributed by atoms with Crippen LogP contribution in [0, 0.1) is 0 Å². The number of rotatable bonds is 4. The van der Waals surface area contributed by atoms with Crippen LogP contribution in [0.4, 0.5) is 4.39 Å². The third-order valence-electron chi connectivity index (χ3n) is 3.32. The van der Waals surface area contributed by atoms with E-state index < -0.39 is 12.1 Å². The van der Waals surface area contributed by atoms with Crippen molar-refractivity contribution in [1.82, 2.24) is 9.80 Å². The van der Waals surface area contributed by atoms with Gasteiger partial charge in [0.25, 0.3) is 0 Å². The fourth-order valence-electron chi connectivity index (χ4n) is 2.50. The van der Waals surface area contributed by atoms with Crippen LogP contribution in [0.25, 0.3) is 0 Å². The second-order valence-corrected chi connectivity index (χ2v) is 4.75. The zero-order valence-corrected chi connectivity index (χ0v) is 10.9. The molecule has 0 aromatic carbocycles. The average molecular weight is 254 g/mol. The van der Waals surface area contributed by atoms with Crippen LogP contribution < -0.4 is 0 Å². The van der Waals surface area contributed by atoms with E-state index in [0.29, 0.717) is 0 Å². The van der Waals surface area contributed by atoms with E-state index in [2.05, 4.69) is 22.3 Å². The van der Waals surface area contributed by atoms with Crippen LogP contribution in [-0.4, -0.2) is 54.2 Å². The average Bonchev–Trinajstić information content (AvgIpc) is 2.53. The van der Waals surface area contributed by atoms with Crippen molar-refractivity contribution in [2.45, 2.75) is 26.1 Å². The van der Waals surface area contributed by atoms with Gasteiger partial charge in [0.15, 0.2) is 0 Å². The molecular formula is C13H19FN2O2. The summed E-state index contributed by atoms with van der Waals surface area (Å²) in [7, 11) is 0. The van der Waals surface area contributed by atoms with Gasteiger partial charge in [-0.25, -0.2) is 9.18 Å². The number of hydrogen-bond acceptors (Lipinski definition) is 4. The van der Waals surface area contributed by atoms with E-state index in [1.165, 1.54) is 5.57 Å². The summed E-state index contributed by atoms with van der Waals surface area (Å²) in [5.74, 6) is 0.00231. The predicted molar refractivity (Wildman–Crippen MR) is 66.5 cm³/mol. The Morgan fingerprint density at radius 2 is 2.44 bits per heavy atom. The molecule has 0 saturated carbocycles. The van der Waals surface area contributed by atoms with Crippen molar-refractivity contribution in [3.05, 3.63) is 24.0 Å². The highest BCUT2D eigenvalue weighted by Crippen LogP contribution is 2.29. The molecule has 0 aliphatic carbocycles. The van der Waals surface area contributed by atoms with E-state index in [1.54, 1.807) is 6.92 Å². The summed E-state index contributed by atoms with van der Waals surface area (Å²) in [5, 5.41) is 0. The second-order valence-electron chi connectivity index (χ2n) is 4.75. The molecule has 4 nitrogen and oxygen atoms in total. The first kappa shape index (κ1) is 12.9. The van der Waals surface area contributed by atoms with Gasteiger partial charge in [0.1, 0.15) is 0 Å². The molecule has 5 heteroatoms. The Bertz CT molecular complexity index is 394. The van der Waals surface area contributed by atoms with E-state index >= 15 is 0 Å². The number of alkyl halides is 1. The molecule has 0 aromatic heterocycles. The zero-order chi connectivity index (χ0) is 13.3. The number of ether oxygens (including phenoxy) is 1. The quantitative estimate of drug-likeness (QED) is 0.559.